The highest BCUT2D eigenvalue weighted by molar-refractivity contribution is 9.10. The minimum absolute atomic E-state index is 0.166. The summed E-state index contributed by atoms with van der Waals surface area (Å²) in [6, 6.07) is 12.6. The standard InChI is InChI=1S/C19H13BrCl2N4O2S/c1-26-18(16-7-10-6-11(20)2-5-15(10)28-16)24-25-19(26)29-9-17(27)23-12-3-4-13(21)14(22)8-12/h2-8H,9H2,1H3,(H,23,27). The molecule has 0 saturated heterocycles. The molecule has 0 aliphatic heterocycles. The van der Waals surface area contributed by atoms with Crippen molar-refractivity contribution in [1.29, 1.82) is 0 Å². The summed E-state index contributed by atoms with van der Waals surface area (Å²) in [7, 11) is 1.83. The average Bonchev–Trinajstić information content (AvgIpc) is 3.25. The first-order valence-corrected chi connectivity index (χ1v) is 10.9. The molecule has 2 aromatic heterocycles. The number of thioether (sulfide) groups is 1. The Morgan fingerprint density at radius 2 is 2.00 bits per heavy atom. The maximum atomic E-state index is 12.2. The number of benzene rings is 2. The number of rotatable bonds is 5. The van der Waals surface area contributed by atoms with Gasteiger partial charge in [0.25, 0.3) is 0 Å². The van der Waals surface area contributed by atoms with Crippen molar-refractivity contribution >= 4 is 73.5 Å². The summed E-state index contributed by atoms with van der Waals surface area (Å²) in [5, 5.41) is 13.5. The molecular formula is C19H13BrCl2N4O2S. The van der Waals surface area contributed by atoms with Crippen LogP contribution < -0.4 is 5.32 Å². The van der Waals surface area contributed by atoms with Crippen molar-refractivity contribution in [2.24, 2.45) is 7.05 Å². The molecule has 6 nitrogen and oxygen atoms in total. The number of anilines is 1. The summed E-state index contributed by atoms with van der Waals surface area (Å²) >= 11 is 16.6. The molecule has 0 saturated carbocycles. The quantitative estimate of drug-likeness (QED) is 0.331. The number of hydrogen-bond acceptors (Lipinski definition) is 5. The van der Waals surface area contributed by atoms with E-state index in [2.05, 4.69) is 31.4 Å². The van der Waals surface area contributed by atoms with E-state index in [4.69, 9.17) is 27.6 Å². The van der Waals surface area contributed by atoms with E-state index in [1.165, 1.54) is 11.8 Å². The minimum Gasteiger partial charge on any atom is -0.453 e. The van der Waals surface area contributed by atoms with E-state index >= 15 is 0 Å². The fourth-order valence-corrected chi connectivity index (χ4v) is 4.07. The van der Waals surface area contributed by atoms with Crippen LogP contribution in [0.3, 0.4) is 0 Å². The Morgan fingerprint density at radius 1 is 1.17 bits per heavy atom. The van der Waals surface area contributed by atoms with E-state index in [-0.39, 0.29) is 11.7 Å². The van der Waals surface area contributed by atoms with Gasteiger partial charge in [-0.3, -0.25) is 4.79 Å². The van der Waals surface area contributed by atoms with Crippen LogP contribution in [-0.2, 0) is 11.8 Å². The van der Waals surface area contributed by atoms with E-state index < -0.39 is 0 Å². The van der Waals surface area contributed by atoms with Crippen LogP contribution in [0.15, 0.2) is 56.5 Å². The van der Waals surface area contributed by atoms with E-state index in [1.54, 1.807) is 22.8 Å². The van der Waals surface area contributed by atoms with Crippen LogP contribution in [0.5, 0.6) is 0 Å². The van der Waals surface area contributed by atoms with E-state index in [9.17, 15) is 4.79 Å². The molecule has 1 amide bonds. The SMILES string of the molecule is Cn1c(SCC(=O)Nc2ccc(Cl)c(Cl)c2)nnc1-c1cc2cc(Br)ccc2o1. The fraction of sp³-hybridized carbons (Fsp3) is 0.105. The predicted molar refractivity (Wildman–Crippen MR) is 120 cm³/mol. The number of furan rings is 1. The number of carbonyl (C=O) groups excluding carboxylic acids is 1. The number of nitrogens with zero attached hydrogens (tertiary/aromatic N) is 3. The number of aromatic nitrogens is 3. The molecule has 4 rings (SSSR count). The van der Waals surface area contributed by atoms with Crippen molar-refractivity contribution in [2.45, 2.75) is 5.16 Å². The molecule has 10 heteroatoms. The fourth-order valence-electron chi connectivity index (χ4n) is 2.68. The Morgan fingerprint density at radius 3 is 2.79 bits per heavy atom. The van der Waals surface area contributed by atoms with Crippen molar-refractivity contribution < 1.29 is 9.21 Å². The molecule has 0 spiro atoms. The molecule has 29 heavy (non-hydrogen) atoms. The Kier molecular flexibility index (Phi) is 5.87. The third-order valence-corrected chi connectivity index (χ3v) is 6.32. The Labute approximate surface area is 188 Å². The predicted octanol–water partition coefficient (Wildman–Crippen LogP) is 6.03. The topological polar surface area (TPSA) is 73.0 Å². The van der Waals surface area contributed by atoms with Gasteiger partial charge in [-0.2, -0.15) is 0 Å². The summed E-state index contributed by atoms with van der Waals surface area (Å²) in [5.41, 5.74) is 1.35. The lowest BCUT2D eigenvalue weighted by molar-refractivity contribution is -0.113. The van der Waals surface area contributed by atoms with Crippen LogP contribution in [0.2, 0.25) is 10.0 Å². The van der Waals surface area contributed by atoms with Crippen molar-refractivity contribution in [3.05, 3.63) is 57.0 Å². The smallest absolute Gasteiger partial charge is 0.234 e. The van der Waals surface area contributed by atoms with Gasteiger partial charge in [0, 0.05) is 22.6 Å². The van der Waals surface area contributed by atoms with Crippen LogP contribution in [0.25, 0.3) is 22.6 Å². The van der Waals surface area contributed by atoms with Gasteiger partial charge in [-0.1, -0.05) is 50.9 Å². The van der Waals surface area contributed by atoms with Crippen LogP contribution in [-0.4, -0.2) is 26.4 Å². The summed E-state index contributed by atoms with van der Waals surface area (Å²) in [6.45, 7) is 0. The zero-order valence-corrected chi connectivity index (χ0v) is 18.9. The molecule has 0 radical (unpaired) electrons. The molecule has 0 fully saturated rings. The van der Waals surface area contributed by atoms with Crippen LogP contribution in [0.1, 0.15) is 0 Å². The van der Waals surface area contributed by atoms with E-state index in [1.807, 2.05) is 31.3 Å². The number of fused-ring (bicyclic) bond motifs is 1. The normalized spacial score (nSPS) is 11.2. The highest BCUT2D eigenvalue weighted by Gasteiger charge is 2.16. The molecular weight excluding hydrogens is 499 g/mol. The van der Waals surface area contributed by atoms with Gasteiger partial charge in [-0.05, 0) is 42.5 Å². The first kappa shape index (κ1) is 20.3. The largest absolute Gasteiger partial charge is 0.453 e. The molecule has 2 heterocycles. The zero-order chi connectivity index (χ0) is 20.5. The Bertz CT molecular complexity index is 1220. The highest BCUT2D eigenvalue weighted by Crippen LogP contribution is 2.30. The number of carbonyl (C=O) groups is 1. The van der Waals surface area contributed by atoms with Crippen LogP contribution in [0.4, 0.5) is 5.69 Å². The summed E-state index contributed by atoms with van der Waals surface area (Å²) in [5.74, 6) is 1.18. The molecule has 0 unspecified atom stereocenters. The van der Waals surface area contributed by atoms with Gasteiger partial charge in [0.15, 0.2) is 16.7 Å². The molecule has 1 N–H and O–H groups in total. The van der Waals surface area contributed by atoms with Gasteiger partial charge < -0.3 is 14.3 Å². The van der Waals surface area contributed by atoms with Crippen molar-refractivity contribution in [3.63, 3.8) is 0 Å². The highest BCUT2D eigenvalue weighted by atomic mass is 79.9. The molecule has 0 aliphatic carbocycles. The van der Waals surface area contributed by atoms with E-state index in [0.29, 0.717) is 32.5 Å². The second-order valence-corrected chi connectivity index (χ2v) is 8.80. The second kappa shape index (κ2) is 8.39. The number of hydrogen-bond donors (Lipinski definition) is 1. The number of amides is 1. The van der Waals surface area contributed by atoms with Crippen molar-refractivity contribution in [2.75, 3.05) is 11.1 Å². The lowest BCUT2D eigenvalue weighted by atomic mass is 10.2. The van der Waals surface area contributed by atoms with Crippen LogP contribution >= 0.6 is 50.9 Å². The third kappa shape index (κ3) is 4.45. The van der Waals surface area contributed by atoms with Gasteiger partial charge in [0.05, 0.1) is 15.8 Å². The Balaban J connectivity index is 1.45. The molecule has 2 aromatic carbocycles. The monoisotopic (exact) mass is 510 g/mol. The number of halogens is 3. The zero-order valence-electron chi connectivity index (χ0n) is 14.9. The average molecular weight is 512 g/mol. The minimum atomic E-state index is -0.188. The van der Waals surface area contributed by atoms with Gasteiger partial charge in [0.2, 0.25) is 5.91 Å². The lowest BCUT2D eigenvalue weighted by Crippen LogP contribution is -2.14. The molecule has 0 aliphatic rings. The van der Waals surface area contributed by atoms with Crippen molar-refractivity contribution in [3.8, 4) is 11.6 Å². The first-order valence-electron chi connectivity index (χ1n) is 8.37. The summed E-state index contributed by atoms with van der Waals surface area (Å²) in [6.07, 6.45) is 0. The summed E-state index contributed by atoms with van der Waals surface area (Å²) < 4.78 is 8.64. The number of nitrogens with one attached hydrogen (secondary N) is 1. The molecule has 4 aromatic rings. The molecule has 0 bridgehead atoms. The van der Waals surface area contributed by atoms with Crippen LogP contribution in [0, 0.1) is 0 Å². The van der Waals surface area contributed by atoms with Gasteiger partial charge in [-0.25, -0.2) is 0 Å². The third-order valence-electron chi connectivity index (χ3n) is 4.07. The van der Waals surface area contributed by atoms with E-state index in [0.717, 1.165) is 15.4 Å². The maximum Gasteiger partial charge on any atom is 0.234 e. The van der Waals surface area contributed by atoms with Gasteiger partial charge >= 0.3 is 0 Å². The second-order valence-electron chi connectivity index (χ2n) is 6.12. The lowest BCUT2D eigenvalue weighted by Gasteiger charge is -2.06. The summed E-state index contributed by atoms with van der Waals surface area (Å²) in [4.78, 5) is 12.2. The van der Waals surface area contributed by atoms with Gasteiger partial charge in [-0.15, -0.1) is 10.2 Å². The van der Waals surface area contributed by atoms with Gasteiger partial charge in [0.1, 0.15) is 5.58 Å². The Hall–Kier alpha value is -2.00. The molecule has 148 valence electrons. The molecule has 0 atom stereocenters. The first-order chi connectivity index (χ1) is 13.9. The maximum absolute atomic E-state index is 12.2. The van der Waals surface area contributed by atoms with Crippen molar-refractivity contribution in [1.82, 2.24) is 14.8 Å².